The van der Waals surface area contributed by atoms with Crippen LogP contribution in [0.3, 0.4) is 0 Å². The van der Waals surface area contributed by atoms with Crippen LogP contribution in [-0.2, 0) is 14.3 Å². The quantitative estimate of drug-likeness (QED) is 0.227. The molecule has 0 saturated heterocycles. The third-order valence-electron chi connectivity index (χ3n) is 0.658. The Morgan fingerprint density at radius 2 is 2.11 bits per heavy atom. The van der Waals surface area contributed by atoms with E-state index >= 15 is 0 Å². The molecule has 0 aromatic heterocycles. The molecule has 5 heteroatoms. The molecule has 0 bridgehead atoms. The van der Waals surface area contributed by atoms with Gasteiger partial charge in [0.05, 0.1) is 7.11 Å². The molecule has 0 spiro atoms. The van der Waals surface area contributed by atoms with E-state index in [0.29, 0.717) is 0 Å². The summed E-state index contributed by atoms with van der Waals surface area (Å²) in [6.07, 6.45) is 0. The number of carbonyl (C=O) groups excluding carboxylic acids is 2. The summed E-state index contributed by atoms with van der Waals surface area (Å²) in [5, 5.41) is -1.37. The molecule has 0 saturated carbocycles. The molecule has 0 heterocycles. The van der Waals surface area contributed by atoms with Gasteiger partial charge in [0.25, 0.3) is 0 Å². The largest absolute Gasteiger partial charge is 0.468 e. The van der Waals surface area contributed by atoms with E-state index in [4.69, 9.17) is 11.6 Å². The summed E-state index contributed by atoms with van der Waals surface area (Å²) < 4.78 is 4.10. The fourth-order valence-corrected chi connectivity index (χ4v) is 0.309. The van der Waals surface area contributed by atoms with Gasteiger partial charge in [0, 0.05) is 0 Å². The summed E-state index contributed by atoms with van der Waals surface area (Å²) in [4.78, 5) is 20.4. The van der Waals surface area contributed by atoms with Crippen LogP contribution in [0.15, 0.2) is 0 Å². The van der Waals surface area contributed by atoms with Crippen molar-refractivity contribution in [2.75, 3.05) is 7.11 Å². The molecule has 0 N–H and O–H groups in total. The predicted octanol–water partition coefficient (Wildman–Crippen LogP) is -0.538. The van der Waals surface area contributed by atoms with Gasteiger partial charge in [-0.15, -0.1) is 11.6 Å². The Balaban J connectivity index is 3.88. The smallest absolute Gasteiger partial charge is 0.330 e. The molecule has 0 rings (SSSR count). The van der Waals surface area contributed by atoms with Gasteiger partial charge < -0.3 is 9.53 Å². The topological polar surface area (TPSA) is 43.4 Å². The summed E-state index contributed by atoms with van der Waals surface area (Å²) in [6, 6.07) is 0. The van der Waals surface area contributed by atoms with Crippen molar-refractivity contribution < 1.29 is 14.3 Å². The van der Waals surface area contributed by atoms with E-state index in [1.54, 1.807) is 0 Å². The van der Waals surface area contributed by atoms with Gasteiger partial charge in [-0.05, 0) is 0 Å². The second-order valence-electron chi connectivity index (χ2n) is 1.29. The van der Waals surface area contributed by atoms with E-state index < -0.39 is 17.0 Å². The third-order valence-corrected chi connectivity index (χ3v) is 1.05. The van der Waals surface area contributed by atoms with Crippen LogP contribution in [-0.4, -0.2) is 32.0 Å². The first kappa shape index (κ1) is 8.49. The van der Waals surface area contributed by atoms with Crippen LogP contribution in [0.5, 0.6) is 0 Å². The van der Waals surface area contributed by atoms with Crippen molar-refractivity contribution >= 4 is 31.1 Å². The molecule has 2 radical (unpaired) electrons. The Bertz CT molecular complexity index is 136. The molecule has 1 atom stereocenters. The number of methoxy groups -OCH3 is 1. The Kier molecular flexibility index (Phi) is 3.31. The fourth-order valence-electron chi connectivity index (χ4n) is 0.220. The third kappa shape index (κ3) is 2.51. The first-order valence-corrected chi connectivity index (χ1v) is 2.54. The molecular weight excluding hydrogens is 142 g/mol. The lowest BCUT2D eigenvalue weighted by atomic mass is 9.99. The first-order valence-electron chi connectivity index (χ1n) is 2.10. The van der Waals surface area contributed by atoms with Crippen LogP contribution in [0.4, 0.5) is 0 Å². The molecule has 0 amide bonds. The van der Waals surface area contributed by atoms with Gasteiger partial charge in [-0.1, -0.05) is 0 Å². The SMILES string of the molecule is [B]C(=O)C(Cl)C(=O)OC. The Labute approximate surface area is 58.7 Å². The number of carbonyl (C=O) groups is 2. The molecule has 0 aliphatic rings. The maximum Gasteiger partial charge on any atom is 0.330 e. The van der Waals surface area contributed by atoms with Gasteiger partial charge in [0.2, 0.25) is 0 Å². The highest BCUT2D eigenvalue weighted by atomic mass is 35.5. The zero-order valence-electron chi connectivity index (χ0n) is 4.76. The highest BCUT2D eigenvalue weighted by Gasteiger charge is 2.19. The Hall–Kier alpha value is -0.505. The van der Waals surface area contributed by atoms with E-state index in [2.05, 4.69) is 12.6 Å². The van der Waals surface area contributed by atoms with Crippen LogP contribution >= 0.6 is 11.6 Å². The number of ether oxygens (including phenoxy) is 1. The van der Waals surface area contributed by atoms with E-state index in [-0.39, 0.29) is 0 Å². The van der Waals surface area contributed by atoms with Gasteiger partial charge in [-0.25, -0.2) is 0 Å². The van der Waals surface area contributed by atoms with Crippen molar-refractivity contribution in [3.05, 3.63) is 0 Å². The highest BCUT2D eigenvalue weighted by molar-refractivity contribution is 6.67. The number of alkyl halides is 1. The lowest BCUT2D eigenvalue weighted by molar-refractivity contribution is -0.141. The standard InChI is InChI=1S/C4H4BClO3/c1-9-4(8)2(6)3(5)7/h2H,1H3. The summed E-state index contributed by atoms with van der Waals surface area (Å²) in [5.41, 5.74) is -0.900. The van der Waals surface area contributed by atoms with E-state index in [0.717, 1.165) is 7.11 Å². The molecule has 0 fully saturated rings. The molecule has 48 valence electrons. The van der Waals surface area contributed by atoms with E-state index in [9.17, 15) is 9.59 Å². The second kappa shape index (κ2) is 3.51. The molecular formula is C4H4BClO3. The van der Waals surface area contributed by atoms with Crippen molar-refractivity contribution in [3.63, 3.8) is 0 Å². The molecule has 3 nitrogen and oxygen atoms in total. The Morgan fingerprint density at radius 1 is 1.67 bits per heavy atom. The summed E-state index contributed by atoms with van der Waals surface area (Å²) in [7, 11) is 5.77. The maximum atomic E-state index is 10.3. The zero-order valence-corrected chi connectivity index (χ0v) is 5.51. The van der Waals surface area contributed by atoms with Crippen LogP contribution in [0.1, 0.15) is 0 Å². The molecule has 0 aliphatic carbocycles. The highest BCUT2D eigenvalue weighted by Crippen LogP contribution is 1.96. The number of esters is 1. The van der Waals surface area contributed by atoms with Crippen molar-refractivity contribution in [2.45, 2.75) is 5.38 Å². The molecule has 0 aromatic carbocycles. The van der Waals surface area contributed by atoms with Crippen molar-refractivity contribution in [3.8, 4) is 0 Å². The normalized spacial score (nSPS) is 12.2. The second-order valence-corrected chi connectivity index (χ2v) is 1.72. The van der Waals surface area contributed by atoms with Gasteiger partial charge in [-0.3, -0.25) is 4.79 Å². The van der Waals surface area contributed by atoms with Crippen molar-refractivity contribution in [1.82, 2.24) is 0 Å². The monoisotopic (exact) mass is 146 g/mol. The van der Waals surface area contributed by atoms with Crippen LogP contribution in [0.2, 0.25) is 0 Å². The average Bonchev–Trinajstić information content (AvgIpc) is 1.84. The summed E-state index contributed by atoms with van der Waals surface area (Å²) in [6.45, 7) is 0. The zero-order chi connectivity index (χ0) is 7.44. The van der Waals surface area contributed by atoms with Gasteiger partial charge >= 0.3 is 5.97 Å². The lowest BCUT2D eigenvalue weighted by Crippen LogP contribution is -2.25. The lowest BCUT2D eigenvalue weighted by Gasteiger charge is -2.00. The number of hydrogen-bond donors (Lipinski definition) is 0. The maximum absolute atomic E-state index is 10.3. The van der Waals surface area contributed by atoms with Crippen molar-refractivity contribution in [1.29, 1.82) is 0 Å². The van der Waals surface area contributed by atoms with Gasteiger partial charge in [0.1, 0.15) is 5.68 Å². The van der Waals surface area contributed by atoms with Crippen LogP contribution < -0.4 is 0 Å². The average molecular weight is 146 g/mol. The molecule has 9 heavy (non-hydrogen) atoms. The van der Waals surface area contributed by atoms with E-state index in [1.807, 2.05) is 0 Å². The van der Waals surface area contributed by atoms with Gasteiger partial charge in [0.15, 0.2) is 13.2 Å². The summed E-state index contributed by atoms with van der Waals surface area (Å²) >= 11 is 5.12. The number of halogens is 1. The molecule has 0 aliphatic heterocycles. The number of hydrogen-bond acceptors (Lipinski definition) is 3. The minimum Gasteiger partial charge on any atom is -0.468 e. The van der Waals surface area contributed by atoms with Crippen molar-refractivity contribution in [2.24, 2.45) is 0 Å². The van der Waals surface area contributed by atoms with E-state index in [1.165, 1.54) is 0 Å². The fraction of sp³-hybridized carbons (Fsp3) is 0.500. The summed E-state index contributed by atoms with van der Waals surface area (Å²) in [5.74, 6) is -0.829. The minimum absolute atomic E-state index is 0.829. The number of rotatable bonds is 2. The van der Waals surface area contributed by atoms with Gasteiger partial charge in [-0.2, -0.15) is 0 Å². The first-order chi connectivity index (χ1) is 4.09. The predicted molar refractivity (Wildman–Crippen MR) is 32.4 cm³/mol. The molecule has 0 aromatic rings. The minimum atomic E-state index is -1.37. The molecule has 1 unspecified atom stereocenters. The van der Waals surface area contributed by atoms with Crippen LogP contribution in [0, 0.1) is 0 Å². The Morgan fingerprint density at radius 3 is 2.22 bits per heavy atom. The van der Waals surface area contributed by atoms with Crippen LogP contribution in [0.25, 0.3) is 0 Å².